The SMILES string of the molecule is COC[C@H]1O[C@H](O[C@H]2[C@H](OC)[C@@H](OC)[C@@H](O[C@H]3[C@H](OC)[C@@H](OC)[C@@H](O[C@H]4[C@H](OC)[C@@H](OC)[C@@H](O[C@H]5[C@H](OC)[C@@H](OC)[C@@H](O[C@H]6[C@H](OC)[C@@H](OC)[C@H](N)O[C@@H]6COC)O[C@@H]5COC)O[C@@H]4COC)O[C@@H]3COC)O[C@@H]2COC)[C@H](OC)[C@@H](OC)[C@@H]1N. The minimum atomic E-state index is -1.19. The van der Waals surface area contributed by atoms with E-state index in [1.54, 1.807) is 21.3 Å². The van der Waals surface area contributed by atoms with E-state index in [1.807, 2.05) is 0 Å². The fourth-order valence-corrected chi connectivity index (χ4v) is 12.5. The molecule has 0 saturated carbocycles. The van der Waals surface area contributed by atoms with Crippen molar-refractivity contribution in [1.29, 1.82) is 0 Å². The van der Waals surface area contributed by atoms with Gasteiger partial charge in [0, 0.05) is 128 Å². The van der Waals surface area contributed by atoms with Crippen LogP contribution >= 0.6 is 0 Å². The van der Waals surface area contributed by atoms with Gasteiger partial charge in [-0.2, -0.15) is 0 Å². The maximum atomic E-state index is 6.97. The standard InChI is InChI=1S/C54H100N2O29/c1-57-19-25-31(55)37(63-7)44(70-14)50(76-25)82-33-27(21-59-3)78-52(46(72-16)39(33)65-9)84-35-29(23-61-5)80-54(48(74-18)41(35)67-11)85-36-30(24-62-6)79-53(47(73-17)42(36)68-12)83-34-28(22-60-4)77-51(45(71-15)40(34)66-10)81-32-26(20-58-2)75-49(56)43(69-13)38(32)64-8/h25-54H,19-24,55-56H2,1-18H3/t25-,26-,27-,28-,29-,30-,31-,32-,33-,34-,35-,36-,37+,38+,39+,40+,41+,42+,43-,44-,45-,46-,47-,48-,49-,50-,51-,52-,53-,54-/m1/s1. The molecule has 6 fully saturated rings. The van der Waals surface area contributed by atoms with Gasteiger partial charge in [0.25, 0.3) is 0 Å². The van der Waals surface area contributed by atoms with Gasteiger partial charge in [0.15, 0.2) is 31.5 Å². The maximum Gasteiger partial charge on any atom is 0.187 e. The highest BCUT2D eigenvalue weighted by molar-refractivity contribution is 5.03. The molecule has 30 atom stereocenters. The Morgan fingerprint density at radius 3 is 0.624 bits per heavy atom. The summed E-state index contributed by atoms with van der Waals surface area (Å²) < 4.78 is 181. The van der Waals surface area contributed by atoms with Crippen LogP contribution in [0.3, 0.4) is 0 Å². The fourth-order valence-electron chi connectivity index (χ4n) is 12.5. The monoisotopic (exact) mass is 1240 g/mol. The third-order valence-corrected chi connectivity index (χ3v) is 16.5. The van der Waals surface area contributed by atoms with Crippen molar-refractivity contribution in [2.45, 2.75) is 184 Å². The lowest BCUT2D eigenvalue weighted by Gasteiger charge is -2.52. The zero-order valence-corrected chi connectivity index (χ0v) is 52.6. The minimum absolute atomic E-state index is 0.0138. The van der Waals surface area contributed by atoms with Crippen LogP contribution in [-0.2, 0) is 137 Å². The summed E-state index contributed by atoms with van der Waals surface area (Å²) in [6.45, 7) is 0.297. The molecular formula is C54H100N2O29. The van der Waals surface area contributed by atoms with Gasteiger partial charge in [-0.25, -0.2) is 0 Å². The quantitative estimate of drug-likeness (QED) is 0.0679. The number of hydrogen-bond donors (Lipinski definition) is 2. The van der Waals surface area contributed by atoms with Gasteiger partial charge in [-0.05, 0) is 0 Å². The Morgan fingerprint density at radius 2 is 0.400 bits per heavy atom. The summed E-state index contributed by atoms with van der Waals surface area (Å²) in [6.07, 6.45) is -26.0. The first kappa shape index (κ1) is 72.8. The molecule has 4 N–H and O–H groups in total. The molecule has 31 nitrogen and oxygen atoms in total. The van der Waals surface area contributed by atoms with E-state index in [1.165, 1.54) is 107 Å². The van der Waals surface area contributed by atoms with Crippen molar-refractivity contribution in [2.75, 3.05) is 168 Å². The van der Waals surface area contributed by atoms with E-state index < -0.39 is 184 Å². The summed E-state index contributed by atoms with van der Waals surface area (Å²) in [5.41, 5.74) is 12.9. The molecule has 85 heavy (non-hydrogen) atoms. The molecule has 0 aromatic carbocycles. The molecular weight excluding hydrogens is 1140 g/mol. The van der Waals surface area contributed by atoms with E-state index in [9.17, 15) is 0 Å². The molecule has 0 unspecified atom stereocenters. The number of rotatable bonds is 34. The van der Waals surface area contributed by atoms with Crippen LogP contribution in [-0.4, -0.2) is 352 Å². The molecule has 6 saturated heterocycles. The zero-order chi connectivity index (χ0) is 62.1. The van der Waals surface area contributed by atoms with E-state index in [2.05, 4.69) is 0 Å². The van der Waals surface area contributed by atoms with Crippen LogP contribution in [0.1, 0.15) is 0 Å². The van der Waals surface area contributed by atoms with Gasteiger partial charge in [-0.1, -0.05) is 0 Å². The molecule has 0 radical (unpaired) electrons. The lowest BCUT2D eigenvalue weighted by molar-refractivity contribution is -0.400. The third-order valence-electron chi connectivity index (χ3n) is 16.5. The van der Waals surface area contributed by atoms with Gasteiger partial charge in [0.2, 0.25) is 0 Å². The fraction of sp³-hybridized carbons (Fsp3) is 1.00. The highest BCUT2D eigenvalue weighted by atomic mass is 16.8. The van der Waals surface area contributed by atoms with E-state index in [4.69, 9.17) is 149 Å². The van der Waals surface area contributed by atoms with Crippen molar-refractivity contribution in [1.82, 2.24) is 0 Å². The van der Waals surface area contributed by atoms with Gasteiger partial charge in [0.1, 0.15) is 147 Å². The molecule has 0 bridgehead atoms. The maximum absolute atomic E-state index is 6.97. The molecule has 0 aliphatic carbocycles. The number of nitrogens with two attached hydrogens (primary N) is 2. The van der Waals surface area contributed by atoms with Gasteiger partial charge >= 0.3 is 0 Å². The van der Waals surface area contributed by atoms with Crippen LogP contribution in [0, 0.1) is 0 Å². The molecule has 6 aliphatic rings. The molecule has 0 aromatic heterocycles. The Bertz CT molecular complexity index is 1830. The highest BCUT2D eigenvalue weighted by Gasteiger charge is 2.60. The van der Waals surface area contributed by atoms with Crippen LogP contribution in [0.15, 0.2) is 0 Å². The Hall–Kier alpha value is -1.24. The Morgan fingerprint density at radius 1 is 0.212 bits per heavy atom. The summed E-state index contributed by atoms with van der Waals surface area (Å²) in [5, 5.41) is 0. The average molecular weight is 1240 g/mol. The van der Waals surface area contributed by atoms with Crippen molar-refractivity contribution in [3.05, 3.63) is 0 Å². The average Bonchev–Trinajstić information content (AvgIpc) is 3.07. The molecule has 31 heteroatoms. The molecule has 6 aliphatic heterocycles. The lowest BCUT2D eigenvalue weighted by Crippen LogP contribution is -2.69. The summed E-state index contributed by atoms with van der Waals surface area (Å²) >= 11 is 0. The minimum Gasteiger partial charge on any atom is -0.382 e. The smallest absolute Gasteiger partial charge is 0.187 e. The lowest BCUT2D eigenvalue weighted by atomic mass is 9.94. The van der Waals surface area contributed by atoms with E-state index in [0.717, 1.165) is 0 Å². The highest BCUT2D eigenvalue weighted by Crippen LogP contribution is 2.40. The van der Waals surface area contributed by atoms with Gasteiger partial charge in [-0.15, -0.1) is 0 Å². The molecule has 0 spiro atoms. The molecule has 6 heterocycles. The van der Waals surface area contributed by atoms with E-state index in [-0.39, 0.29) is 39.6 Å². The summed E-state index contributed by atoms with van der Waals surface area (Å²) in [7, 11) is 27.4. The Balaban J connectivity index is 1.24. The van der Waals surface area contributed by atoms with Gasteiger partial charge < -0.3 is 149 Å². The van der Waals surface area contributed by atoms with Gasteiger partial charge in [0.05, 0.1) is 45.7 Å². The van der Waals surface area contributed by atoms with E-state index in [0.29, 0.717) is 0 Å². The van der Waals surface area contributed by atoms with Crippen LogP contribution in [0.2, 0.25) is 0 Å². The summed E-state index contributed by atoms with van der Waals surface area (Å²) in [4.78, 5) is 0. The first-order valence-electron chi connectivity index (χ1n) is 28.2. The molecule has 0 amide bonds. The number of methoxy groups -OCH3 is 18. The zero-order valence-electron chi connectivity index (χ0n) is 52.6. The van der Waals surface area contributed by atoms with E-state index >= 15 is 0 Å². The Kier molecular flexibility index (Phi) is 30.9. The summed E-state index contributed by atoms with van der Waals surface area (Å²) in [5.74, 6) is 0. The van der Waals surface area contributed by atoms with Crippen LogP contribution in [0.25, 0.3) is 0 Å². The first-order valence-corrected chi connectivity index (χ1v) is 28.2. The summed E-state index contributed by atoms with van der Waals surface area (Å²) in [6, 6.07) is -0.596. The number of ether oxygens (including phenoxy) is 29. The Labute approximate surface area is 499 Å². The largest absolute Gasteiger partial charge is 0.382 e. The van der Waals surface area contributed by atoms with Crippen molar-refractivity contribution >= 4 is 0 Å². The van der Waals surface area contributed by atoms with Crippen LogP contribution < -0.4 is 11.5 Å². The normalized spacial score (nSPS) is 44.6. The molecule has 500 valence electrons. The van der Waals surface area contributed by atoms with Gasteiger partial charge in [-0.3, -0.25) is 0 Å². The predicted octanol–water partition coefficient (Wildman–Crippen LogP) is -2.39. The second kappa shape index (κ2) is 36.1. The topological polar surface area (TPSA) is 320 Å². The van der Waals surface area contributed by atoms with Crippen molar-refractivity contribution in [3.63, 3.8) is 0 Å². The second-order valence-electron chi connectivity index (χ2n) is 21.1. The van der Waals surface area contributed by atoms with Crippen molar-refractivity contribution in [2.24, 2.45) is 11.5 Å². The van der Waals surface area contributed by atoms with Crippen LogP contribution in [0.4, 0.5) is 0 Å². The molecule has 0 aromatic rings. The third kappa shape index (κ3) is 16.5. The molecule has 6 rings (SSSR count). The van der Waals surface area contributed by atoms with Crippen molar-refractivity contribution in [3.8, 4) is 0 Å². The first-order chi connectivity index (χ1) is 41.2. The number of hydrogen-bond acceptors (Lipinski definition) is 31. The second-order valence-corrected chi connectivity index (χ2v) is 21.1. The van der Waals surface area contributed by atoms with Crippen molar-refractivity contribution < 1.29 is 137 Å². The predicted molar refractivity (Wildman–Crippen MR) is 289 cm³/mol. The van der Waals surface area contributed by atoms with Crippen LogP contribution in [0.5, 0.6) is 0 Å².